The van der Waals surface area contributed by atoms with Gasteiger partial charge >= 0.3 is 5.97 Å². The van der Waals surface area contributed by atoms with Crippen LogP contribution >= 0.6 is 0 Å². The maximum atomic E-state index is 11.1. The van der Waals surface area contributed by atoms with Crippen molar-refractivity contribution in [3.8, 4) is 0 Å². The first-order valence-electron chi connectivity index (χ1n) is 4.89. The molecule has 2 heterocycles. The number of pyridine rings is 1. The van der Waals surface area contributed by atoms with E-state index in [4.69, 9.17) is 9.63 Å². The lowest BCUT2D eigenvalue weighted by molar-refractivity contribution is 0.0699. The predicted octanol–water partition coefficient (Wildman–Crippen LogP) is 2.22. The summed E-state index contributed by atoms with van der Waals surface area (Å²) in [6.07, 6.45) is 1.41. The van der Waals surface area contributed by atoms with Crippen molar-refractivity contribution in [3.05, 3.63) is 23.5 Å². The van der Waals surface area contributed by atoms with Crippen molar-refractivity contribution in [1.82, 2.24) is 10.1 Å². The van der Waals surface area contributed by atoms with E-state index in [1.165, 1.54) is 12.3 Å². The molecule has 5 heteroatoms. The summed E-state index contributed by atoms with van der Waals surface area (Å²) in [7, 11) is 0. The average molecular weight is 220 g/mol. The van der Waals surface area contributed by atoms with Gasteiger partial charge in [0.15, 0.2) is 0 Å². The van der Waals surface area contributed by atoms with Crippen molar-refractivity contribution in [3.63, 3.8) is 0 Å². The van der Waals surface area contributed by atoms with Crippen LogP contribution in [0.2, 0.25) is 0 Å². The SMILES string of the molecule is CC(C)(C)c1noc2nccc(C(=O)O)c12. The summed E-state index contributed by atoms with van der Waals surface area (Å²) in [4.78, 5) is 15.1. The minimum absolute atomic E-state index is 0.177. The molecule has 0 saturated carbocycles. The first kappa shape index (κ1) is 10.6. The van der Waals surface area contributed by atoms with Crippen molar-refractivity contribution in [2.45, 2.75) is 26.2 Å². The normalized spacial score (nSPS) is 11.9. The molecule has 1 N–H and O–H groups in total. The van der Waals surface area contributed by atoms with Crippen LogP contribution in [0.4, 0.5) is 0 Å². The van der Waals surface area contributed by atoms with Gasteiger partial charge in [-0.3, -0.25) is 0 Å². The second-order valence-electron chi connectivity index (χ2n) is 4.62. The van der Waals surface area contributed by atoms with Crippen molar-refractivity contribution in [2.75, 3.05) is 0 Å². The monoisotopic (exact) mass is 220 g/mol. The van der Waals surface area contributed by atoms with E-state index in [1.807, 2.05) is 20.8 Å². The molecule has 5 nitrogen and oxygen atoms in total. The number of nitrogens with zero attached hydrogens (tertiary/aromatic N) is 2. The van der Waals surface area contributed by atoms with E-state index in [0.29, 0.717) is 11.1 Å². The fourth-order valence-corrected chi connectivity index (χ4v) is 1.57. The molecule has 0 unspecified atom stereocenters. The van der Waals surface area contributed by atoms with Gasteiger partial charge in [-0.2, -0.15) is 0 Å². The van der Waals surface area contributed by atoms with Crippen molar-refractivity contribution < 1.29 is 14.4 Å². The summed E-state index contributed by atoms with van der Waals surface area (Å²) in [6, 6.07) is 1.46. The van der Waals surface area contributed by atoms with E-state index < -0.39 is 5.97 Å². The van der Waals surface area contributed by atoms with E-state index in [9.17, 15) is 4.79 Å². The second-order valence-corrected chi connectivity index (χ2v) is 4.62. The molecule has 0 aromatic carbocycles. The van der Waals surface area contributed by atoms with Gasteiger partial charge in [-0.05, 0) is 6.07 Å². The number of rotatable bonds is 1. The number of fused-ring (bicyclic) bond motifs is 1. The molecule has 0 saturated heterocycles. The number of hydrogen-bond donors (Lipinski definition) is 1. The topological polar surface area (TPSA) is 76.2 Å². The van der Waals surface area contributed by atoms with E-state index in [2.05, 4.69) is 10.1 Å². The Hall–Kier alpha value is -1.91. The minimum Gasteiger partial charge on any atom is -0.478 e. The van der Waals surface area contributed by atoms with Crippen molar-refractivity contribution in [1.29, 1.82) is 0 Å². The fraction of sp³-hybridized carbons (Fsp3) is 0.364. The van der Waals surface area contributed by atoms with Gasteiger partial charge in [0.05, 0.1) is 16.6 Å². The molecule has 0 aliphatic carbocycles. The molecule has 0 bridgehead atoms. The van der Waals surface area contributed by atoms with Crippen molar-refractivity contribution >= 4 is 17.1 Å². The number of aromatic nitrogens is 2. The van der Waals surface area contributed by atoms with Crippen LogP contribution < -0.4 is 0 Å². The molecule has 0 amide bonds. The molecule has 2 aromatic rings. The maximum absolute atomic E-state index is 11.1. The lowest BCUT2D eigenvalue weighted by Crippen LogP contribution is -2.13. The first-order valence-corrected chi connectivity index (χ1v) is 4.89. The standard InChI is InChI=1S/C11H12N2O3/c1-11(2,3)8-7-6(10(14)15)4-5-12-9(7)16-13-8/h4-5H,1-3H3,(H,14,15). The van der Waals surface area contributed by atoms with E-state index in [0.717, 1.165) is 0 Å². The molecule has 84 valence electrons. The second kappa shape index (κ2) is 3.30. The Labute approximate surface area is 92.1 Å². The van der Waals surface area contributed by atoms with Gasteiger partial charge in [-0.25, -0.2) is 9.78 Å². The number of carboxylic acid groups (broad SMARTS) is 1. The molecule has 0 aliphatic heterocycles. The summed E-state index contributed by atoms with van der Waals surface area (Å²) in [6.45, 7) is 5.84. The fourth-order valence-electron chi connectivity index (χ4n) is 1.57. The third kappa shape index (κ3) is 1.54. The predicted molar refractivity (Wildman–Crippen MR) is 57.5 cm³/mol. The van der Waals surface area contributed by atoms with Crippen LogP contribution in [0.25, 0.3) is 11.1 Å². The number of carbonyl (C=O) groups is 1. The van der Waals surface area contributed by atoms with Gasteiger partial charge in [0, 0.05) is 11.6 Å². The highest BCUT2D eigenvalue weighted by Crippen LogP contribution is 2.30. The van der Waals surface area contributed by atoms with Gasteiger partial charge in [-0.1, -0.05) is 25.9 Å². The van der Waals surface area contributed by atoms with Crippen LogP contribution in [-0.2, 0) is 5.41 Å². The molecule has 0 fully saturated rings. The summed E-state index contributed by atoms with van der Waals surface area (Å²) in [5.41, 5.74) is 0.785. The lowest BCUT2D eigenvalue weighted by Gasteiger charge is -2.14. The average Bonchev–Trinajstić information content (AvgIpc) is 2.59. The lowest BCUT2D eigenvalue weighted by atomic mass is 9.89. The number of aromatic carboxylic acids is 1. The van der Waals surface area contributed by atoms with E-state index >= 15 is 0 Å². The van der Waals surface area contributed by atoms with Gasteiger partial charge in [0.1, 0.15) is 0 Å². The van der Waals surface area contributed by atoms with E-state index in [-0.39, 0.29) is 16.7 Å². The first-order chi connectivity index (χ1) is 7.41. The van der Waals surface area contributed by atoms with E-state index in [1.54, 1.807) is 0 Å². The van der Waals surface area contributed by atoms with Crippen LogP contribution in [0.15, 0.2) is 16.8 Å². The molecule has 0 aliphatic rings. The van der Waals surface area contributed by atoms with Gasteiger partial charge < -0.3 is 9.63 Å². The van der Waals surface area contributed by atoms with Crippen LogP contribution in [0.3, 0.4) is 0 Å². The molecule has 0 spiro atoms. The highest BCUT2D eigenvalue weighted by molar-refractivity contribution is 6.02. The molecule has 2 aromatic heterocycles. The summed E-state index contributed by atoms with van der Waals surface area (Å²) < 4.78 is 5.04. The van der Waals surface area contributed by atoms with Gasteiger partial charge in [0.2, 0.25) is 0 Å². The molecule has 0 radical (unpaired) electrons. The highest BCUT2D eigenvalue weighted by Gasteiger charge is 2.26. The Balaban J connectivity index is 2.83. The smallest absolute Gasteiger partial charge is 0.336 e. The molecule has 2 rings (SSSR count). The highest BCUT2D eigenvalue weighted by atomic mass is 16.5. The number of hydrogen-bond acceptors (Lipinski definition) is 4. The van der Waals surface area contributed by atoms with Crippen molar-refractivity contribution in [2.24, 2.45) is 0 Å². The Morgan fingerprint density at radius 3 is 2.69 bits per heavy atom. The molecular formula is C11H12N2O3. The molecule has 0 atom stereocenters. The minimum atomic E-state index is -0.999. The largest absolute Gasteiger partial charge is 0.478 e. The molecular weight excluding hydrogens is 208 g/mol. The Morgan fingerprint density at radius 2 is 2.12 bits per heavy atom. The quantitative estimate of drug-likeness (QED) is 0.797. The van der Waals surface area contributed by atoms with Crippen LogP contribution in [-0.4, -0.2) is 21.2 Å². The summed E-state index contributed by atoms with van der Waals surface area (Å²) in [5, 5.41) is 13.5. The number of carboxylic acids is 1. The van der Waals surface area contributed by atoms with Crippen LogP contribution in [0.1, 0.15) is 36.8 Å². The van der Waals surface area contributed by atoms with Crippen LogP contribution in [0, 0.1) is 0 Å². The zero-order valence-electron chi connectivity index (χ0n) is 9.31. The Kier molecular flexibility index (Phi) is 2.18. The third-order valence-electron chi connectivity index (χ3n) is 2.32. The maximum Gasteiger partial charge on any atom is 0.336 e. The van der Waals surface area contributed by atoms with Gasteiger partial charge in [0.25, 0.3) is 5.71 Å². The third-order valence-corrected chi connectivity index (χ3v) is 2.32. The molecule has 16 heavy (non-hydrogen) atoms. The summed E-state index contributed by atoms with van der Waals surface area (Å²) >= 11 is 0. The Bertz CT molecular complexity index is 552. The summed E-state index contributed by atoms with van der Waals surface area (Å²) in [5.74, 6) is -0.999. The van der Waals surface area contributed by atoms with Crippen LogP contribution in [0.5, 0.6) is 0 Å². The van der Waals surface area contributed by atoms with Gasteiger partial charge in [-0.15, -0.1) is 0 Å². The zero-order chi connectivity index (χ0) is 11.9. The zero-order valence-corrected chi connectivity index (χ0v) is 9.31. The Morgan fingerprint density at radius 1 is 1.44 bits per heavy atom.